The molecule has 1 atom stereocenters. The Bertz CT molecular complexity index is 848. The lowest BCUT2D eigenvalue weighted by molar-refractivity contribution is -0.140. The molecule has 2 rings (SSSR count). The van der Waals surface area contributed by atoms with Crippen LogP contribution in [0.1, 0.15) is 36.3 Å². The van der Waals surface area contributed by atoms with E-state index in [9.17, 15) is 14.7 Å². The molecule has 1 heterocycles. The van der Waals surface area contributed by atoms with Crippen LogP contribution in [0.5, 0.6) is 11.5 Å². The molecular weight excluding hydrogens is 336 g/mol. The Morgan fingerprint density at radius 1 is 1.31 bits per heavy atom. The summed E-state index contributed by atoms with van der Waals surface area (Å²) in [5.41, 5.74) is 1.02. The molecule has 138 valence electrons. The van der Waals surface area contributed by atoms with Gasteiger partial charge in [-0.3, -0.25) is 9.59 Å². The monoisotopic (exact) mass is 358 g/mol. The highest BCUT2D eigenvalue weighted by Gasteiger charge is 2.26. The second kappa shape index (κ2) is 8.38. The van der Waals surface area contributed by atoms with Crippen molar-refractivity contribution in [2.45, 2.75) is 26.2 Å². The number of aryl methyl sites for hydroxylation is 1. The minimum Gasteiger partial charge on any atom is -0.502 e. The normalized spacial score (nSPS) is 11.7. The highest BCUT2D eigenvalue weighted by atomic mass is 16.5. The largest absolute Gasteiger partial charge is 0.502 e. The van der Waals surface area contributed by atoms with Gasteiger partial charge in [0.25, 0.3) is 0 Å². The van der Waals surface area contributed by atoms with Gasteiger partial charge in [0.2, 0.25) is 11.2 Å². The molecule has 0 spiro atoms. The predicted octanol–water partition coefficient (Wildman–Crippen LogP) is 3.30. The fourth-order valence-electron chi connectivity index (χ4n) is 2.48. The SMILES string of the molecule is C=C(C)COc1ccc([C@@H](CC(=O)OC)c2oc(C)cc(=O)c2O)cc1. The third kappa shape index (κ3) is 4.75. The smallest absolute Gasteiger partial charge is 0.306 e. The summed E-state index contributed by atoms with van der Waals surface area (Å²) in [6.07, 6.45) is -0.0809. The minimum atomic E-state index is -0.662. The summed E-state index contributed by atoms with van der Waals surface area (Å²) in [4.78, 5) is 23.7. The van der Waals surface area contributed by atoms with Crippen LogP contribution in [0.15, 0.2) is 51.7 Å². The standard InChI is InChI=1S/C20H22O6/c1-12(2)11-25-15-7-5-14(6-8-15)16(10-18(22)24-4)20-19(23)17(21)9-13(3)26-20/h5-9,16,23H,1,10-11H2,2-4H3/t16-/m1/s1. The van der Waals surface area contributed by atoms with Crippen molar-refractivity contribution in [2.75, 3.05) is 13.7 Å². The number of esters is 1. The fraction of sp³-hybridized carbons (Fsp3) is 0.300. The summed E-state index contributed by atoms with van der Waals surface area (Å²) in [7, 11) is 1.28. The van der Waals surface area contributed by atoms with Crippen molar-refractivity contribution in [2.24, 2.45) is 0 Å². The van der Waals surface area contributed by atoms with E-state index in [4.69, 9.17) is 13.9 Å². The maximum Gasteiger partial charge on any atom is 0.306 e. The van der Waals surface area contributed by atoms with Gasteiger partial charge in [-0.05, 0) is 37.1 Å². The molecule has 2 aromatic rings. The Hall–Kier alpha value is -3.02. The molecular formula is C20H22O6. The Morgan fingerprint density at radius 2 is 1.96 bits per heavy atom. The van der Waals surface area contributed by atoms with E-state index in [1.807, 2.05) is 6.92 Å². The van der Waals surface area contributed by atoms with Crippen LogP contribution < -0.4 is 10.2 Å². The average Bonchev–Trinajstić information content (AvgIpc) is 2.61. The molecule has 0 aliphatic carbocycles. The molecule has 0 bridgehead atoms. The highest BCUT2D eigenvalue weighted by Crippen LogP contribution is 2.34. The highest BCUT2D eigenvalue weighted by molar-refractivity contribution is 5.71. The van der Waals surface area contributed by atoms with E-state index in [1.165, 1.54) is 13.2 Å². The number of carbonyl (C=O) groups is 1. The first-order valence-electron chi connectivity index (χ1n) is 8.09. The van der Waals surface area contributed by atoms with Crippen LogP contribution in [-0.4, -0.2) is 24.8 Å². The van der Waals surface area contributed by atoms with Gasteiger partial charge in [-0.25, -0.2) is 0 Å². The zero-order chi connectivity index (χ0) is 19.3. The summed E-state index contributed by atoms with van der Waals surface area (Å²) in [5.74, 6) is -0.628. The molecule has 6 nitrogen and oxygen atoms in total. The summed E-state index contributed by atoms with van der Waals surface area (Å²) in [5, 5.41) is 10.1. The lowest BCUT2D eigenvalue weighted by Gasteiger charge is -2.17. The van der Waals surface area contributed by atoms with Crippen LogP contribution in [0.3, 0.4) is 0 Å². The average molecular weight is 358 g/mol. The first kappa shape index (κ1) is 19.3. The molecule has 0 aliphatic heterocycles. The first-order chi connectivity index (χ1) is 12.3. The molecule has 0 fully saturated rings. The third-order valence-corrected chi connectivity index (χ3v) is 3.75. The van der Waals surface area contributed by atoms with Crippen LogP contribution in [0.25, 0.3) is 0 Å². The molecule has 1 N–H and O–H groups in total. The zero-order valence-corrected chi connectivity index (χ0v) is 15.1. The van der Waals surface area contributed by atoms with Crippen LogP contribution in [0.2, 0.25) is 0 Å². The molecule has 0 saturated heterocycles. The van der Waals surface area contributed by atoms with Crippen molar-refractivity contribution in [1.29, 1.82) is 0 Å². The van der Waals surface area contributed by atoms with E-state index >= 15 is 0 Å². The van der Waals surface area contributed by atoms with Gasteiger partial charge in [0.1, 0.15) is 18.1 Å². The molecule has 0 unspecified atom stereocenters. The van der Waals surface area contributed by atoms with Crippen LogP contribution >= 0.6 is 0 Å². The Kier molecular flexibility index (Phi) is 6.22. The molecule has 26 heavy (non-hydrogen) atoms. The number of rotatable bonds is 7. The Morgan fingerprint density at radius 3 is 2.54 bits per heavy atom. The van der Waals surface area contributed by atoms with E-state index in [-0.39, 0.29) is 12.2 Å². The summed E-state index contributed by atoms with van der Waals surface area (Å²) < 4.78 is 15.9. The van der Waals surface area contributed by atoms with Crippen LogP contribution in [0.4, 0.5) is 0 Å². The zero-order valence-electron chi connectivity index (χ0n) is 15.1. The maximum atomic E-state index is 11.9. The second-order valence-electron chi connectivity index (χ2n) is 6.08. The second-order valence-corrected chi connectivity index (χ2v) is 6.08. The number of carbonyl (C=O) groups excluding carboxylic acids is 1. The quantitative estimate of drug-likeness (QED) is 0.604. The summed E-state index contributed by atoms with van der Waals surface area (Å²) in [6.45, 7) is 7.65. The summed E-state index contributed by atoms with van der Waals surface area (Å²) in [6, 6.07) is 8.19. The van der Waals surface area contributed by atoms with Gasteiger partial charge in [-0.1, -0.05) is 18.7 Å². The Balaban J connectivity index is 2.41. The molecule has 1 aromatic carbocycles. The number of aromatic hydroxyl groups is 1. The molecule has 1 aromatic heterocycles. The van der Waals surface area contributed by atoms with E-state index in [2.05, 4.69) is 6.58 Å². The van der Waals surface area contributed by atoms with E-state index in [0.29, 0.717) is 23.7 Å². The van der Waals surface area contributed by atoms with Crippen LogP contribution in [-0.2, 0) is 9.53 Å². The molecule has 0 saturated carbocycles. The van der Waals surface area contributed by atoms with Crippen LogP contribution in [0, 0.1) is 6.92 Å². The molecule has 0 aliphatic rings. The van der Waals surface area contributed by atoms with Crippen molar-refractivity contribution in [3.05, 3.63) is 69.8 Å². The predicted molar refractivity (Wildman–Crippen MR) is 96.6 cm³/mol. The van der Waals surface area contributed by atoms with Crippen molar-refractivity contribution < 1.29 is 23.8 Å². The third-order valence-electron chi connectivity index (χ3n) is 3.75. The number of ether oxygens (including phenoxy) is 2. The van der Waals surface area contributed by atoms with Gasteiger partial charge in [-0.2, -0.15) is 0 Å². The molecule has 6 heteroatoms. The Labute approximate surface area is 151 Å². The number of hydrogen-bond donors (Lipinski definition) is 1. The number of methoxy groups -OCH3 is 1. The molecule has 0 amide bonds. The van der Waals surface area contributed by atoms with Gasteiger partial charge in [0.15, 0.2) is 5.76 Å². The topological polar surface area (TPSA) is 86.0 Å². The van der Waals surface area contributed by atoms with Crippen molar-refractivity contribution in [3.8, 4) is 11.5 Å². The first-order valence-corrected chi connectivity index (χ1v) is 8.09. The van der Waals surface area contributed by atoms with Crippen molar-refractivity contribution >= 4 is 5.97 Å². The van der Waals surface area contributed by atoms with Gasteiger partial charge in [0.05, 0.1) is 19.4 Å². The van der Waals surface area contributed by atoms with E-state index in [1.54, 1.807) is 31.2 Å². The van der Waals surface area contributed by atoms with E-state index in [0.717, 1.165) is 5.57 Å². The van der Waals surface area contributed by atoms with Crippen molar-refractivity contribution in [3.63, 3.8) is 0 Å². The summed E-state index contributed by atoms with van der Waals surface area (Å²) >= 11 is 0. The van der Waals surface area contributed by atoms with Gasteiger partial charge in [0, 0.05) is 6.07 Å². The van der Waals surface area contributed by atoms with Gasteiger partial charge < -0.3 is 19.0 Å². The minimum absolute atomic E-state index is 0.0380. The lowest BCUT2D eigenvalue weighted by atomic mass is 9.92. The van der Waals surface area contributed by atoms with Crippen molar-refractivity contribution in [1.82, 2.24) is 0 Å². The molecule has 0 radical (unpaired) electrons. The number of hydrogen-bond acceptors (Lipinski definition) is 6. The fourth-order valence-corrected chi connectivity index (χ4v) is 2.48. The lowest BCUT2D eigenvalue weighted by Crippen LogP contribution is -2.13. The van der Waals surface area contributed by atoms with E-state index < -0.39 is 23.1 Å². The van der Waals surface area contributed by atoms with Gasteiger partial charge in [-0.15, -0.1) is 0 Å². The maximum absolute atomic E-state index is 11.9. The van der Waals surface area contributed by atoms with Gasteiger partial charge >= 0.3 is 5.97 Å². The number of benzene rings is 1.